The smallest absolute Gasteiger partial charge is 0.115 e. The van der Waals surface area contributed by atoms with E-state index in [1.165, 1.54) is 4.88 Å². The average molecular weight is 257 g/mol. The number of hydrogen-bond donors (Lipinski definition) is 1. The number of benzene rings is 1. The normalized spacial score (nSPS) is 11.8. The van der Waals surface area contributed by atoms with Crippen LogP contribution in [-0.4, -0.2) is 4.98 Å². The number of thiazole rings is 1. The van der Waals surface area contributed by atoms with Crippen molar-refractivity contribution in [3.63, 3.8) is 0 Å². The molecule has 2 aromatic rings. The molecule has 1 aromatic heterocycles. The number of aryl methyl sites for hydroxylation is 1. The lowest BCUT2D eigenvalue weighted by Gasteiger charge is -2.12. The van der Waals surface area contributed by atoms with Crippen LogP contribution in [0.3, 0.4) is 0 Å². The van der Waals surface area contributed by atoms with Gasteiger partial charge >= 0.3 is 0 Å². The molecule has 0 spiro atoms. The Morgan fingerprint density at radius 1 is 1.50 bits per heavy atom. The maximum absolute atomic E-state index is 8.86. The number of nitriles is 1. The zero-order chi connectivity index (χ0) is 13.0. The number of nitrogens with zero attached hydrogens (tertiary/aromatic N) is 2. The molecule has 18 heavy (non-hydrogen) atoms. The molecule has 0 aliphatic heterocycles. The van der Waals surface area contributed by atoms with E-state index in [0.717, 1.165) is 17.1 Å². The van der Waals surface area contributed by atoms with Gasteiger partial charge in [0.2, 0.25) is 0 Å². The highest BCUT2D eigenvalue weighted by atomic mass is 32.1. The highest BCUT2D eigenvalue weighted by Gasteiger charge is 2.10. The molecular formula is C14H15N3S. The first-order valence-electron chi connectivity index (χ1n) is 5.94. The minimum absolute atomic E-state index is 0.157. The van der Waals surface area contributed by atoms with Crippen LogP contribution in [0.1, 0.15) is 35.3 Å². The molecule has 92 valence electrons. The summed E-state index contributed by atoms with van der Waals surface area (Å²) >= 11 is 1.73. The molecule has 0 fully saturated rings. The first-order valence-corrected chi connectivity index (χ1v) is 6.76. The number of rotatable bonds is 4. The van der Waals surface area contributed by atoms with E-state index in [-0.39, 0.29) is 6.04 Å². The highest BCUT2D eigenvalue weighted by Crippen LogP contribution is 2.24. The lowest BCUT2D eigenvalue weighted by molar-refractivity contribution is 0.869. The molecule has 0 saturated carbocycles. The lowest BCUT2D eigenvalue weighted by Crippen LogP contribution is -2.05. The van der Waals surface area contributed by atoms with E-state index < -0.39 is 0 Å². The Balaban J connectivity index is 2.11. The fraction of sp³-hybridized carbons (Fsp3) is 0.286. The molecule has 0 amide bonds. The van der Waals surface area contributed by atoms with Crippen molar-refractivity contribution < 1.29 is 0 Å². The van der Waals surface area contributed by atoms with Crippen LogP contribution < -0.4 is 5.32 Å². The molecule has 4 heteroatoms. The van der Waals surface area contributed by atoms with E-state index in [1.807, 2.05) is 24.4 Å². The molecule has 0 radical (unpaired) electrons. The summed E-state index contributed by atoms with van der Waals surface area (Å²) in [5.41, 5.74) is 1.62. The first-order chi connectivity index (χ1) is 8.72. The van der Waals surface area contributed by atoms with Gasteiger partial charge in [-0.1, -0.05) is 13.0 Å². The Hall–Kier alpha value is -1.86. The third-order valence-corrected chi connectivity index (χ3v) is 3.99. The third kappa shape index (κ3) is 2.88. The van der Waals surface area contributed by atoms with E-state index in [2.05, 4.69) is 30.2 Å². The molecule has 1 unspecified atom stereocenters. The molecule has 2 rings (SSSR count). The molecule has 1 heterocycles. The van der Waals surface area contributed by atoms with Crippen LogP contribution in [0.25, 0.3) is 0 Å². The minimum atomic E-state index is 0.157. The van der Waals surface area contributed by atoms with Crippen LogP contribution in [-0.2, 0) is 6.42 Å². The summed E-state index contributed by atoms with van der Waals surface area (Å²) in [4.78, 5) is 5.71. The van der Waals surface area contributed by atoms with Gasteiger partial charge in [-0.15, -0.1) is 11.3 Å². The number of nitrogens with one attached hydrogen (secondary N) is 1. The van der Waals surface area contributed by atoms with Gasteiger partial charge in [0.15, 0.2) is 0 Å². The molecule has 1 aromatic carbocycles. The summed E-state index contributed by atoms with van der Waals surface area (Å²) < 4.78 is 0. The van der Waals surface area contributed by atoms with Crippen molar-refractivity contribution in [2.45, 2.75) is 26.3 Å². The second-order valence-corrected chi connectivity index (χ2v) is 5.22. The zero-order valence-corrected chi connectivity index (χ0v) is 11.3. The van der Waals surface area contributed by atoms with Gasteiger partial charge in [-0.25, -0.2) is 4.98 Å². The maximum Gasteiger partial charge on any atom is 0.115 e. The van der Waals surface area contributed by atoms with Gasteiger partial charge in [0.05, 0.1) is 17.7 Å². The first kappa shape index (κ1) is 12.6. The van der Waals surface area contributed by atoms with E-state index in [1.54, 1.807) is 17.4 Å². The Morgan fingerprint density at radius 2 is 2.33 bits per heavy atom. The minimum Gasteiger partial charge on any atom is -0.376 e. The average Bonchev–Trinajstić information content (AvgIpc) is 2.88. The van der Waals surface area contributed by atoms with Crippen LogP contribution in [0.15, 0.2) is 30.5 Å². The van der Waals surface area contributed by atoms with Crippen molar-refractivity contribution in [2.75, 3.05) is 5.32 Å². The predicted molar refractivity (Wildman–Crippen MR) is 74.7 cm³/mol. The fourth-order valence-electron chi connectivity index (χ4n) is 1.68. The summed E-state index contributed by atoms with van der Waals surface area (Å²) in [7, 11) is 0. The highest BCUT2D eigenvalue weighted by molar-refractivity contribution is 7.11. The van der Waals surface area contributed by atoms with E-state index in [9.17, 15) is 0 Å². The number of hydrogen-bond acceptors (Lipinski definition) is 4. The summed E-state index contributed by atoms with van der Waals surface area (Å²) in [6, 6.07) is 9.80. The maximum atomic E-state index is 8.86. The molecule has 1 atom stereocenters. The third-order valence-electron chi connectivity index (χ3n) is 2.67. The van der Waals surface area contributed by atoms with Crippen molar-refractivity contribution >= 4 is 17.0 Å². The fourth-order valence-corrected chi connectivity index (χ4v) is 2.54. The number of anilines is 1. The lowest BCUT2D eigenvalue weighted by atomic mass is 10.2. The van der Waals surface area contributed by atoms with Crippen molar-refractivity contribution in [1.29, 1.82) is 5.26 Å². The van der Waals surface area contributed by atoms with Crippen molar-refractivity contribution in [1.82, 2.24) is 4.98 Å². The standard InChI is InChI=1S/C14H15N3S/c1-3-13-9-16-14(18-13)10(2)17-12-6-4-5-11(7-12)8-15/h4-7,9-10,17H,3H2,1-2H3. The van der Waals surface area contributed by atoms with Crippen molar-refractivity contribution in [3.05, 3.63) is 45.9 Å². The second-order valence-electron chi connectivity index (χ2n) is 4.08. The Kier molecular flexibility index (Phi) is 3.96. The van der Waals surface area contributed by atoms with Crippen LogP contribution in [0.4, 0.5) is 5.69 Å². The van der Waals surface area contributed by atoms with Crippen LogP contribution in [0.2, 0.25) is 0 Å². The molecular weight excluding hydrogens is 242 g/mol. The van der Waals surface area contributed by atoms with Crippen LogP contribution >= 0.6 is 11.3 Å². The van der Waals surface area contributed by atoms with Crippen LogP contribution in [0, 0.1) is 11.3 Å². The van der Waals surface area contributed by atoms with Gasteiger partial charge in [-0.2, -0.15) is 5.26 Å². The predicted octanol–water partition coefficient (Wildman–Crippen LogP) is 3.75. The topological polar surface area (TPSA) is 48.7 Å². The monoisotopic (exact) mass is 257 g/mol. The van der Waals surface area contributed by atoms with Gasteiger partial charge in [0.25, 0.3) is 0 Å². The molecule has 0 aliphatic carbocycles. The summed E-state index contributed by atoms with van der Waals surface area (Å²) in [6.07, 6.45) is 2.96. The Morgan fingerprint density at radius 3 is 3.00 bits per heavy atom. The Labute approximate surface area is 111 Å². The summed E-state index contributed by atoms with van der Waals surface area (Å²) in [5, 5.41) is 13.3. The molecule has 1 N–H and O–H groups in total. The molecule has 0 aliphatic rings. The van der Waals surface area contributed by atoms with Crippen LogP contribution in [0.5, 0.6) is 0 Å². The van der Waals surface area contributed by atoms with Gasteiger partial charge in [0.1, 0.15) is 5.01 Å². The van der Waals surface area contributed by atoms with Crippen molar-refractivity contribution in [3.8, 4) is 6.07 Å². The zero-order valence-electron chi connectivity index (χ0n) is 10.5. The van der Waals surface area contributed by atoms with Gasteiger partial charge in [0, 0.05) is 16.8 Å². The quantitative estimate of drug-likeness (QED) is 0.907. The molecule has 3 nitrogen and oxygen atoms in total. The Bertz CT molecular complexity index is 568. The molecule has 0 bridgehead atoms. The van der Waals surface area contributed by atoms with Gasteiger partial charge < -0.3 is 5.32 Å². The number of aromatic nitrogens is 1. The summed E-state index contributed by atoms with van der Waals surface area (Å²) in [6.45, 7) is 4.21. The second kappa shape index (κ2) is 5.65. The van der Waals surface area contributed by atoms with Crippen molar-refractivity contribution in [2.24, 2.45) is 0 Å². The largest absolute Gasteiger partial charge is 0.376 e. The SMILES string of the molecule is CCc1cnc(C(C)Nc2cccc(C#N)c2)s1. The molecule has 0 saturated heterocycles. The van der Waals surface area contributed by atoms with Gasteiger partial charge in [-0.3, -0.25) is 0 Å². The van der Waals surface area contributed by atoms with Gasteiger partial charge in [-0.05, 0) is 31.5 Å². The van der Waals surface area contributed by atoms with E-state index >= 15 is 0 Å². The summed E-state index contributed by atoms with van der Waals surface area (Å²) in [5.74, 6) is 0. The van der Waals surface area contributed by atoms with E-state index in [4.69, 9.17) is 5.26 Å². The van der Waals surface area contributed by atoms with E-state index in [0.29, 0.717) is 5.56 Å².